The van der Waals surface area contributed by atoms with Crippen molar-refractivity contribution in [3.63, 3.8) is 0 Å². The number of allylic oxidation sites excluding steroid dienone is 2. The number of halogens is 1. The van der Waals surface area contributed by atoms with Crippen molar-refractivity contribution in [2.24, 2.45) is 0 Å². The number of Topliss-reactive ketones (excluding diaryl/α,β-unsaturated/α-hetero) is 2. The number of amides is 1. The monoisotopic (exact) mass is 307 g/mol. The Morgan fingerprint density at radius 3 is 2.14 bits per heavy atom. The highest BCUT2D eigenvalue weighted by molar-refractivity contribution is 6.50. The summed E-state index contributed by atoms with van der Waals surface area (Å²) in [4.78, 5) is 47.7. The molecule has 0 unspecified atom stereocenters. The van der Waals surface area contributed by atoms with E-state index in [-0.39, 0.29) is 11.1 Å². The first kappa shape index (κ1) is 14.9. The first-order chi connectivity index (χ1) is 9.84. The van der Waals surface area contributed by atoms with Gasteiger partial charge in [-0.25, -0.2) is 0 Å². The lowest BCUT2D eigenvalue weighted by molar-refractivity contribution is -0.142. The number of hydrogen-bond acceptors (Lipinski definition) is 4. The van der Waals surface area contributed by atoms with E-state index in [4.69, 9.17) is 16.7 Å². The molecule has 2 rings (SSSR count). The molecule has 0 spiro atoms. The van der Waals surface area contributed by atoms with Gasteiger partial charge in [0.25, 0.3) is 0 Å². The zero-order chi connectivity index (χ0) is 15.7. The first-order valence-corrected chi connectivity index (χ1v) is 6.30. The topological polar surface area (TPSA) is 91.8 Å². The van der Waals surface area contributed by atoms with E-state index in [2.05, 4.69) is 0 Å². The average Bonchev–Trinajstić information content (AvgIpc) is 2.43. The van der Waals surface area contributed by atoms with Crippen LogP contribution in [0.1, 0.15) is 27.6 Å². The predicted octanol–water partition coefficient (Wildman–Crippen LogP) is 1.45. The molecule has 0 aliphatic heterocycles. The number of benzene rings is 1. The summed E-state index contributed by atoms with van der Waals surface area (Å²) in [6.07, 6.45) is 0. The number of nitrogens with zero attached hydrogens (tertiary/aromatic N) is 1. The van der Waals surface area contributed by atoms with Gasteiger partial charge in [-0.05, 0) is 0 Å². The molecule has 0 bridgehead atoms. The van der Waals surface area contributed by atoms with Gasteiger partial charge in [0.15, 0.2) is 0 Å². The number of ketones is 2. The van der Waals surface area contributed by atoms with Crippen LogP contribution < -0.4 is 0 Å². The number of carboxylic acids is 1. The smallest absolute Gasteiger partial charge is 0.323 e. The van der Waals surface area contributed by atoms with Crippen molar-refractivity contribution in [3.05, 3.63) is 46.1 Å². The molecular weight excluding hydrogens is 298 g/mol. The van der Waals surface area contributed by atoms with E-state index in [0.29, 0.717) is 4.90 Å². The lowest BCUT2D eigenvalue weighted by Gasteiger charge is -2.26. The number of carboxylic acid groups (broad SMARTS) is 1. The maximum atomic E-state index is 12.4. The third kappa shape index (κ3) is 2.57. The summed E-state index contributed by atoms with van der Waals surface area (Å²) in [5, 5.41) is 8.39. The van der Waals surface area contributed by atoms with Crippen LogP contribution in [0.15, 0.2) is 35.0 Å². The molecule has 0 saturated heterocycles. The van der Waals surface area contributed by atoms with Gasteiger partial charge < -0.3 is 5.11 Å². The van der Waals surface area contributed by atoms with Gasteiger partial charge in [-0.1, -0.05) is 35.9 Å². The average molecular weight is 308 g/mol. The molecule has 0 atom stereocenters. The van der Waals surface area contributed by atoms with Gasteiger partial charge in [0, 0.05) is 18.1 Å². The van der Waals surface area contributed by atoms with Crippen molar-refractivity contribution in [2.45, 2.75) is 6.92 Å². The fraction of sp³-hybridized carbons (Fsp3) is 0.143. The minimum absolute atomic E-state index is 0.0959. The molecule has 21 heavy (non-hydrogen) atoms. The molecule has 1 aliphatic rings. The summed E-state index contributed by atoms with van der Waals surface area (Å²) in [7, 11) is 0. The summed E-state index contributed by atoms with van der Waals surface area (Å²) in [5.74, 6) is -3.27. The summed E-state index contributed by atoms with van der Waals surface area (Å²) < 4.78 is 0. The van der Waals surface area contributed by atoms with Crippen molar-refractivity contribution in [1.82, 2.24) is 4.90 Å². The Kier molecular flexibility index (Phi) is 3.90. The largest absolute Gasteiger partial charge is 0.480 e. The maximum Gasteiger partial charge on any atom is 0.323 e. The Morgan fingerprint density at radius 2 is 1.67 bits per heavy atom. The van der Waals surface area contributed by atoms with Gasteiger partial charge in [-0.3, -0.25) is 24.1 Å². The van der Waals surface area contributed by atoms with Gasteiger partial charge in [-0.15, -0.1) is 0 Å². The van der Waals surface area contributed by atoms with Gasteiger partial charge in [0.05, 0.1) is 0 Å². The summed E-state index contributed by atoms with van der Waals surface area (Å²) in [5.41, 5.74) is -0.163. The van der Waals surface area contributed by atoms with E-state index in [9.17, 15) is 19.2 Å². The van der Waals surface area contributed by atoms with Crippen LogP contribution in [-0.2, 0) is 9.59 Å². The predicted molar refractivity (Wildman–Crippen MR) is 73.0 cm³/mol. The SMILES string of the molecule is CC(=O)N(CC(=O)O)C1=C(Cl)C(=O)c2ccccc2C1=O. The van der Waals surface area contributed by atoms with E-state index in [1.165, 1.54) is 12.1 Å². The molecule has 0 heterocycles. The molecule has 1 N–H and O–H groups in total. The molecule has 0 aromatic heterocycles. The van der Waals surface area contributed by atoms with E-state index < -0.39 is 40.7 Å². The standard InChI is InChI=1S/C14H10ClNO5/c1-7(17)16(6-10(18)19)12-11(15)13(20)8-4-2-3-5-9(8)14(12)21/h2-5H,6H2,1H3,(H,18,19). The second-order valence-electron chi connectivity index (χ2n) is 4.37. The lowest BCUT2D eigenvalue weighted by Crippen LogP contribution is -2.39. The van der Waals surface area contributed by atoms with E-state index in [1.54, 1.807) is 12.1 Å². The Hall–Kier alpha value is -2.47. The van der Waals surface area contributed by atoms with Crippen LogP contribution in [0.5, 0.6) is 0 Å². The summed E-state index contributed by atoms with van der Waals surface area (Å²) in [6.45, 7) is 0.348. The van der Waals surface area contributed by atoms with Crippen LogP contribution in [-0.4, -0.2) is 40.0 Å². The Labute approximate surface area is 124 Å². The molecule has 1 aromatic rings. The summed E-state index contributed by atoms with van der Waals surface area (Å²) >= 11 is 5.90. The van der Waals surface area contributed by atoms with E-state index in [0.717, 1.165) is 6.92 Å². The molecule has 1 amide bonds. The Balaban J connectivity index is 2.60. The fourth-order valence-corrected chi connectivity index (χ4v) is 2.35. The quantitative estimate of drug-likeness (QED) is 0.912. The molecular formula is C14H10ClNO5. The second-order valence-corrected chi connectivity index (χ2v) is 4.74. The van der Waals surface area contributed by atoms with Crippen LogP contribution in [0.4, 0.5) is 0 Å². The zero-order valence-corrected chi connectivity index (χ0v) is 11.7. The van der Waals surface area contributed by atoms with Crippen molar-refractivity contribution < 1.29 is 24.3 Å². The number of carbonyl (C=O) groups is 4. The molecule has 108 valence electrons. The number of rotatable bonds is 3. The van der Waals surface area contributed by atoms with Crippen molar-refractivity contribution >= 4 is 35.0 Å². The van der Waals surface area contributed by atoms with Crippen molar-refractivity contribution in [2.75, 3.05) is 6.54 Å². The van der Waals surface area contributed by atoms with E-state index in [1.807, 2.05) is 0 Å². The second kappa shape index (κ2) is 5.49. The Morgan fingerprint density at radius 1 is 1.14 bits per heavy atom. The van der Waals surface area contributed by atoms with Crippen LogP contribution in [0.25, 0.3) is 0 Å². The first-order valence-electron chi connectivity index (χ1n) is 5.92. The van der Waals surface area contributed by atoms with Crippen molar-refractivity contribution in [1.29, 1.82) is 0 Å². The number of aliphatic carboxylic acids is 1. The van der Waals surface area contributed by atoms with Crippen molar-refractivity contribution in [3.8, 4) is 0 Å². The molecule has 0 saturated carbocycles. The third-order valence-corrected chi connectivity index (χ3v) is 3.33. The minimum atomic E-state index is -1.32. The molecule has 6 nitrogen and oxygen atoms in total. The highest BCUT2D eigenvalue weighted by atomic mass is 35.5. The van der Waals surface area contributed by atoms with E-state index >= 15 is 0 Å². The van der Waals surface area contributed by atoms with Gasteiger partial charge in [0.1, 0.15) is 17.3 Å². The number of fused-ring (bicyclic) bond motifs is 1. The van der Waals surface area contributed by atoms with Crippen LogP contribution >= 0.6 is 11.6 Å². The lowest BCUT2D eigenvalue weighted by atomic mass is 9.92. The fourth-order valence-electron chi connectivity index (χ4n) is 2.06. The third-order valence-electron chi connectivity index (χ3n) is 2.98. The molecule has 1 aromatic carbocycles. The van der Waals surface area contributed by atoms with Gasteiger partial charge in [-0.2, -0.15) is 0 Å². The highest BCUT2D eigenvalue weighted by Crippen LogP contribution is 2.30. The molecule has 0 fully saturated rings. The zero-order valence-electron chi connectivity index (χ0n) is 10.9. The molecule has 0 radical (unpaired) electrons. The number of hydrogen-bond donors (Lipinski definition) is 1. The van der Waals surface area contributed by atoms with Crippen LogP contribution in [0.3, 0.4) is 0 Å². The Bertz CT molecular complexity index is 707. The normalized spacial score (nSPS) is 14.0. The van der Waals surface area contributed by atoms with Gasteiger partial charge in [0.2, 0.25) is 17.5 Å². The molecule has 1 aliphatic carbocycles. The number of carbonyl (C=O) groups excluding carboxylic acids is 3. The summed E-state index contributed by atoms with van der Waals surface area (Å²) in [6, 6.07) is 6.03. The molecule has 7 heteroatoms. The van der Waals surface area contributed by atoms with Gasteiger partial charge >= 0.3 is 5.97 Å². The minimum Gasteiger partial charge on any atom is -0.480 e. The van der Waals surface area contributed by atoms with Crippen LogP contribution in [0, 0.1) is 0 Å². The maximum absolute atomic E-state index is 12.4. The highest BCUT2D eigenvalue weighted by Gasteiger charge is 2.36. The van der Waals surface area contributed by atoms with Crippen LogP contribution in [0.2, 0.25) is 0 Å².